The number of thiophene rings is 1. The monoisotopic (exact) mass is 482 g/mol. The molecule has 1 aliphatic rings. The van der Waals surface area contributed by atoms with Crippen LogP contribution in [0.2, 0.25) is 0 Å². The molecule has 4 aromatic rings. The first-order chi connectivity index (χ1) is 16.5. The van der Waals surface area contributed by atoms with Crippen LogP contribution < -0.4 is 15.2 Å². The van der Waals surface area contributed by atoms with E-state index in [1.165, 1.54) is 23.5 Å². The molecular formula is C25H23FN2O5S. The molecule has 34 heavy (non-hydrogen) atoms. The number of hydrogen-bond donors (Lipinski definition) is 2. The summed E-state index contributed by atoms with van der Waals surface area (Å²) in [6.45, 7) is 1.66. The molecule has 9 heteroatoms. The lowest BCUT2D eigenvalue weighted by molar-refractivity contribution is -0.0178. The molecule has 176 valence electrons. The van der Waals surface area contributed by atoms with Crippen molar-refractivity contribution < 1.29 is 28.5 Å². The van der Waals surface area contributed by atoms with E-state index in [9.17, 15) is 14.3 Å². The van der Waals surface area contributed by atoms with E-state index in [0.29, 0.717) is 53.6 Å². The van der Waals surface area contributed by atoms with Gasteiger partial charge in [-0.3, -0.25) is 0 Å². The summed E-state index contributed by atoms with van der Waals surface area (Å²) < 4.78 is 33.0. The molecule has 0 atom stereocenters. The summed E-state index contributed by atoms with van der Waals surface area (Å²) >= 11 is 1.27. The van der Waals surface area contributed by atoms with Gasteiger partial charge in [0.25, 0.3) is 0 Å². The second kappa shape index (κ2) is 9.46. The van der Waals surface area contributed by atoms with Crippen LogP contribution in [0, 0.1) is 5.82 Å². The molecule has 0 radical (unpaired) electrons. The predicted octanol–water partition coefficient (Wildman–Crippen LogP) is 4.54. The molecule has 0 saturated heterocycles. The maximum Gasteiger partial charge on any atom is 0.345 e. The molecule has 3 N–H and O–H groups in total. The summed E-state index contributed by atoms with van der Waals surface area (Å²) in [5, 5.41) is 10.2. The number of aromatic carboxylic acids is 1. The number of fused-ring (bicyclic) bond motifs is 2. The Morgan fingerprint density at radius 3 is 2.88 bits per heavy atom. The standard InChI is InChI=1S/C25H23FN2O5S/c26-18-7-16-12-31-14-33-24(16)17(8-18)13-32-19-1-3-22-21(9-19)15(5-6-27)10-28(22)11-20-2-4-23(34-20)25(29)30/h1-4,7-10H,5-6,11-14,27H2,(H,29,30). The molecule has 2 aromatic carbocycles. The zero-order valence-corrected chi connectivity index (χ0v) is 19.1. The summed E-state index contributed by atoms with van der Waals surface area (Å²) in [5.41, 5.74) is 9.23. The fourth-order valence-electron chi connectivity index (χ4n) is 4.20. The van der Waals surface area contributed by atoms with E-state index in [1.807, 2.05) is 24.3 Å². The van der Waals surface area contributed by atoms with E-state index < -0.39 is 5.97 Å². The number of carboxylic acids is 1. The van der Waals surface area contributed by atoms with Crippen molar-refractivity contribution in [1.82, 2.24) is 4.57 Å². The van der Waals surface area contributed by atoms with Crippen LogP contribution in [0.25, 0.3) is 10.9 Å². The summed E-state index contributed by atoms with van der Waals surface area (Å²) in [6, 6.07) is 12.1. The molecule has 0 saturated carbocycles. The number of hydrogen-bond acceptors (Lipinski definition) is 6. The average molecular weight is 483 g/mol. The van der Waals surface area contributed by atoms with Crippen molar-refractivity contribution in [2.45, 2.75) is 26.2 Å². The third-order valence-corrected chi connectivity index (χ3v) is 6.75. The van der Waals surface area contributed by atoms with Crippen molar-refractivity contribution >= 4 is 28.2 Å². The zero-order valence-electron chi connectivity index (χ0n) is 18.3. The quantitative estimate of drug-likeness (QED) is 0.383. The molecule has 7 nitrogen and oxygen atoms in total. The van der Waals surface area contributed by atoms with Crippen LogP contribution in [0.3, 0.4) is 0 Å². The minimum Gasteiger partial charge on any atom is -0.489 e. The SMILES string of the molecule is NCCc1cn(Cc2ccc(C(=O)O)s2)c2ccc(OCc3cc(F)cc4c3OCOC4)cc12. The number of aromatic nitrogens is 1. The highest BCUT2D eigenvalue weighted by Crippen LogP contribution is 2.32. The maximum absolute atomic E-state index is 14.0. The fraction of sp³-hybridized carbons (Fsp3) is 0.240. The highest BCUT2D eigenvalue weighted by Gasteiger charge is 2.18. The summed E-state index contributed by atoms with van der Waals surface area (Å²) in [6.07, 6.45) is 2.75. The van der Waals surface area contributed by atoms with E-state index in [-0.39, 0.29) is 19.2 Å². The normalized spacial score (nSPS) is 13.0. The van der Waals surface area contributed by atoms with E-state index in [0.717, 1.165) is 21.3 Å². The predicted molar refractivity (Wildman–Crippen MR) is 126 cm³/mol. The number of carboxylic acid groups (broad SMARTS) is 1. The van der Waals surface area contributed by atoms with E-state index in [2.05, 4.69) is 10.8 Å². The highest BCUT2D eigenvalue weighted by molar-refractivity contribution is 7.13. The van der Waals surface area contributed by atoms with Gasteiger partial charge in [-0.15, -0.1) is 11.3 Å². The molecule has 0 aliphatic carbocycles. The average Bonchev–Trinajstić information content (AvgIpc) is 3.43. The van der Waals surface area contributed by atoms with Gasteiger partial charge in [-0.25, -0.2) is 9.18 Å². The van der Waals surface area contributed by atoms with Crippen molar-refractivity contribution in [3.8, 4) is 11.5 Å². The van der Waals surface area contributed by atoms with Gasteiger partial charge in [-0.2, -0.15) is 0 Å². The molecular weight excluding hydrogens is 459 g/mol. The van der Waals surface area contributed by atoms with Crippen molar-refractivity contribution in [3.05, 3.63) is 80.9 Å². The van der Waals surface area contributed by atoms with Gasteiger partial charge in [0.15, 0.2) is 6.79 Å². The lowest BCUT2D eigenvalue weighted by Crippen LogP contribution is -2.14. The molecule has 3 heterocycles. The van der Waals surface area contributed by atoms with Crippen molar-refractivity contribution in [2.75, 3.05) is 13.3 Å². The molecule has 0 unspecified atom stereocenters. The van der Waals surface area contributed by atoms with Gasteiger partial charge in [0.05, 0.1) is 13.2 Å². The van der Waals surface area contributed by atoms with Crippen molar-refractivity contribution in [1.29, 1.82) is 0 Å². The second-order valence-corrected chi connectivity index (χ2v) is 9.19. The molecule has 0 bridgehead atoms. The lowest BCUT2D eigenvalue weighted by Gasteiger charge is -2.21. The third-order valence-electron chi connectivity index (χ3n) is 5.69. The molecule has 0 fully saturated rings. The van der Waals surface area contributed by atoms with Crippen molar-refractivity contribution in [3.63, 3.8) is 0 Å². The first-order valence-corrected chi connectivity index (χ1v) is 11.6. The van der Waals surface area contributed by atoms with Crippen LogP contribution >= 0.6 is 11.3 Å². The van der Waals surface area contributed by atoms with Crippen LogP contribution in [-0.4, -0.2) is 29.0 Å². The smallest absolute Gasteiger partial charge is 0.345 e. The number of carbonyl (C=O) groups is 1. The van der Waals surface area contributed by atoms with Gasteiger partial charge in [0.2, 0.25) is 0 Å². The Morgan fingerprint density at radius 2 is 2.09 bits per heavy atom. The number of rotatable bonds is 8. The Balaban J connectivity index is 1.41. The van der Waals surface area contributed by atoms with Crippen LogP contribution in [-0.2, 0) is 30.9 Å². The number of nitrogens with two attached hydrogens (primary N) is 1. The Labute approximate surface area is 199 Å². The van der Waals surface area contributed by atoms with Crippen LogP contribution in [0.1, 0.15) is 31.2 Å². The van der Waals surface area contributed by atoms with Gasteiger partial charge in [-0.1, -0.05) is 0 Å². The zero-order chi connectivity index (χ0) is 23.7. The van der Waals surface area contributed by atoms with Gasteiger partial charge < -0.3 is 29.6 Å². The third kappa shape index (κ3) is 4.50. The highest BCUT2D eigenvalue weighted by atomic mass is 32.1. The van der Waals surface area contributed by atoms with E-state index in [1.54, 1.807) is 6.07 Å². The molecule has 5 rings (SSSR count). The number of ether oxygens (including phenoxy) is 3. The minimum absolute atomic E-state index is 0.131. The Hall–Kier alpha value is -3.40. The number of nitrogens with zero attached hydrogens (tertiary/aromatic N) is 1. The Kier molecular flexibility index (Phi) is 6.23. The Bertz CT molecular complexity index is 1360. The minimum atomic E-state index is -0.920. The first-order valence-electron chi connectivity index (χ1n) is 10.8. The molecule has 0 spiro atoms. The fourth-order valence-corrected chi connectivity index (χ4v) is 5.04. The second-order valence-electron chi connectivity index (χ2n) is 8.02. The lowest BCUT2D eigenvalue weighted by atomic mass is 10.1. The van der Waals surface area contributed by atoms with E-state index >= 15 is 0 Å². The van der Waals surface area contributed by atoms with E-state index in [4.69, 9.17) is 19.9 Å². The first kappa shape index (κ1) is 22.4. The molecule has 0 amide bonds. The summed E-state index contributed by atoms with van der Waals surface area (Å²) in [4.78, 5) is 12.5. The maximum atomic E-state index is 14.0. The van der Waals surface area contributed by atoms with Gasteiger partial charge in [0, 0.05) is 33.1 Å². The van der Waals surface area contributed by atoms with Crippen LogP contribution in [0.4, 0.5) is 4.39 Å². The van der Waals surface area contributed by atoms with Gasteiger partial charge in [-0.05, 0) is 61.0 Å². The largest absolute Gasteiger partial charge is 0.489 e. The van der Waals surface area contributed by atoms with Crippen LogP contribution in [0.5, 0.6) is 11.5 Å². The van der Waals surface area contributed by atoms with Crippen molar-refractivity contribution in [2.24, 2.45) is 5.73 Å². The Morgan fingerprint density at radius 1 is 1.21 bits per heavy atom. The van der Waals surface area contributed by atoms with Gasteiger partial charge in [0.1, 0.15) is 28.8 Å². The molecule has 2 aromatic heterocycles. The molecule has 1 aliphatic heterocycles. The summed E-state index contributed by atoms with van der Waals surface area (Å²) in [7, 11) is 0. The number of halogens is 1. The topological polar surface area (TPSA) is 95.9 Å². The summed E-state index contributed by atoms with van der Waals surface area (Å²) in [5.74, 6) is -0.0150. The van der Waals surface area contributed by atoms with Gasteiger partial charge >= 0.3 is 5.97 Å². The van der Waals surface area contributed by atoms with Crippen LogP contribution in [0.15, 0.2) is 48.7 Å². The number of benzene rings is 2.